The normalized spacial score (nSPS) is 12.3. The van der Waals surface area contributed by atoms with Crippen molar-refractivity contribution in [2.45, 2.75) is 23.9 Å². The van der Waals surface area contributed by atoms with Crippen LogP contribution in [0.5, 0.6) is 0 Å². The van der Waals surface area contributed by atoms with Crippen LogP contribution in [0.2, 0.25) is 0 Å². The molecule has 0 aliphatic heterocycles. The molecule has 0 aliphatic carbocycles. The summed E-state index contributed by atoms with van der Waals surface area (Å²) in [6.07, 6.45) is 2.83. The Morgan fingerprint density at radius 1 is 1.05 bits per heavy atom. The molecule has 1 atom stereocenters. The third-order valence-electron chi connectivity index (χ3n) is 3.35. The minimum Gasteiger partial charge on any atom is -0.396 e. The minimum absolute atomic E-state index is 0.191. The van der Waals surface area contributed by atoms with Crippen molar-refractivity contribution in [3.63, 3.8) is 0 Å². The number of hydrogen-bond donors (Lipinski definition) is 2. The molecule has 0 saturated heterocycles. The predicted octanol–water partition coefficient (Wildman–Crippen LogP) is 3.62. The molecule has 20 heavy (non-hydrogen) atoms. The Balaban J connectivity index is 2.06. The van der Waals surface area contributed by atoms with Crippen LogP contribution in [0.4, 0.5) is 0 Å². The van der Waals surface area contributed by atoms with Gasteiger partial charge in [-0.05, 0) is 29.9 Å². The van der Waals surface area contributed by atoms with Crippen LogP contribution in [0.3, 0.4) is 0 Å². The minimum atomic E-state index is 0.191. The Morgan fingerprint density at radius 3 is 2.45 bits per heavy atom. The van der Waals surface area contributed by atoms with E-state index >= 15 is 0 Å². The Kier molecular flexibility index (Phi) is 6.12. The lowest BCUT2D eigenvalue weighted by atomic mass is 10.0. The molecular formula is C17H21NOS. The van der Waals surface area contributed by atoms with Gasteiger partial charge in [0, 0.05) is 24.1 Å². The Bertz CT molecular complexity index is 515. The average molecular weight is 287 g/mol. The zero-order valence-corrected chi connectivity index (χ0v) is 12.6. The lowest BCUT2D eigenvalue weighted by Gasteiger charge is -2.19. The van der Waals surface area contributed by atoms with E-state index in [0.29, 0.717) is 0 Å². The SMILES string of the molecule is CSc1ccccc1CNC(CCO)c1ccccc1. The monoisotopic (exact) mass is 287 g/mol. The van der Waals surface area contributed by atoms with Gasteiger partial charge in [-0.1, -0.05) is 48.5 Å². The summed E-state index contributed by atoms with van der Waals surface area (Å²) in [4.78, 5) is 1.30. The molecule has 2 rings (SSSR count). The number of thioether (sulfide) groups is 1. The third kappa shape index (κ3) is 4.10. The van der Waals surface area contributed by atoms with Gasteiger partial charge in [0.25, 0.3) is 0 Å². The first-order chi connectivity index (χ1) is 9.85. The maximum absolute atomic E-state index is 9.25. The summed E-state index contributed by atoms with van der Waals surface area (Å²) in [7, 11) is 0. The first kappa shape index (κ1) is 15.1. The fourth-order valence-corrected chi connectivity index (χ4v) is 2.90. The van der Waals surface area contributed by atoms with Gasteiger partial charge in [0.05, 0.1) is 0 Å². The van der Waals surface area contributed by atoms with Crippen molar-refractivity contribution in [1.29, 1.82) is 0 Å². The second-order valence-electron chi connectivity index (χ2n) is 4.67. The molecule has 2 aromatic rings. The summed E-state index contributed by atoms with van der Waals surface area (Å²) in [5.41, 5.74) is 2.53. The first-order valence-corrected chi connectivity index (χ1v) is 8.08. The highest BCUT2D eigenvalue weighted by Gasteiger charge is 2.10. The molecule has 0 spiro atoms. The second kappa shape index (κ2) is 8.10. The van der Waals surface area contributed by atoms with Gasteiger partial charge in [-0.15, -0.1) is 11.8 Å². The maximum Gasteiger partial charge on any atom is 0.0449 e. The Hall–Kier alpha value is -1.29. The van der Waals surface area contributed by atoms with Gasteiger partial charge in [0.2, 0.25) is 0 Å². The number of aliphatic hydroxyl groups is 1. The zero-order chi connectivity index (χ0) is 14.2. The fourth-order valence-electron chi connectivity index (χ4n) is 2.28. The zero-order valence-electron chi connectivity index (χ0n) is 11.8. The van der Waals surface area contributed by atoms with Crippen LogP contribution < -0.4 is 5.32 Å². The van der Waals surface area contributed by atoms with Crippen LogP contribution in [-0.2, 0) is 6.54 Å². The molecule has 1 unspecified atom stereocenters. The standard InChI is InChI=1S/C17H21NOS/c1-20-17-10-6-5-9-15(17)13-18-16(11-12-19)14-7-3-2-4-8-14/h2-10,16,18-19H,11-13H2,1H3. The number of hydrogen-bond acceptors (Lipinski definition) is 3. The maximum atomic E-state index is 9.25. The summed E-state index contributed by atoms with van der Waals surface area (Å²) < 4.78 is 0. The molecule has 106 valence electrons. The van der Waals surface area contributed by atoms with Crippen LogP contribution in [0, 0.1) is 0 Å². The highest BCUT2D eigenvalue weighted by atomic mass is 32.2. The molecule has 0 bridgehead atoms. The van der Waals surface area contributed by atoms with E-state index < -0.39 is 0 Å². The van der Waals surface area contributed by atoms with Crippen molar-refractivity contribution >= 4 is 11.8 Å². The van der Waals surface area contributed by atoms with Crippen LogP contribution >= 0.6 is 11.8 Å². The van der Waals surface area contributed by atoms with E-state index in [2.05, 4.69) is 48.0 Å². The van der Waals surface area contributed by atoms with E-state index in [9.17, 15) is 5.11 Å². The van der Waals surface area contributed by atoms with E-state index in [1.807, 2.05) is 18.2 Å². The van der Waals surface area contributed by atoms with Gasteiger partial charge in [-0.3, -0.25) is 0 Å². The lowest BCUT2D eigenvalue weighted by molar-refractivity contribution is 0.265. The van der Waals surface area contributed by atoms with E-state index in [0.717, 1.165) is 13.0 Å². The summed E-state index contributed by atoms with van der Waals surface area (Å²) >= 11 is 1.77. The number of nitrogens with one attached hydrogen (secondary N) is 1. The van der Waals surface area contributed by atoms with E-state index in [4.69, 9.17) is 0 Å². The van der Waals surface area contributed by atoms with Gasteiger partial charge >= 0.3 is 0 Å². The Labute approximate surface area is 125 Å². The molecule has 0 amide bonds. The molecule has 0 aromatic heterocycles. The molecule has 0 saturated carbocycles. The van der Waals surface area contributed by atoms with Crippen molar-refractivity contribution in [2.75, 3.05) is 12.9 Å². The highest BCUT2D eigenvalue weighted by Crippen LogP contribution is 2.22. The van der Waals surface area contributed by atoms with Gasteiger partial charge in [-0.25, -0.2) is 0 Å². The van der Waals surface area contributed by atoms with Crippen LogP contribution in [0.25, 0.3) is 0 Å². The van der Waals surface area contributed by atoms with E-state index in [1.165, 1.54) is 16.0 Å². The van der Waals surface area contributed by atoms with Gasteiger partial charge in [0.1, 0.15) is 0 Å². The topological polar surface area (TPSA) is 32.3 Å². The van der Waals surface area contributed by atoms with Crippen LogP contribution in [0.1, 0.15) is 23.6 Å². The number of aliphatic hydroxyl groups excluding tert-OH is 1. The first-order valence-electron chi connectivity index (χ1n) is 6.86. The molecule has 2 N–H and O–H groups in total. The molecule has 0 radical (unpaired) electrons. The molecule has 3 heteroatoms. The van der Waals surface area contributed by atoms with Gasteiger partial charge in [0.15, 0.2) is 0 Å². The summed E-state index contributed by atoms with van der Waals surface area (Å²) in [5, 5.41) is 12.8. The predicted molar refractivity (Wildman–Crippen MR) is 85.9 cm³/mol. The number of benzene rings is 2. The smallest absolute Gasteiger partial charge is 0.0449 e. The summed E-state index contributed by atoms with van der Waals surface area (Å²) in [5.74, 6) is 0. The van der Waals surface area contributed by atoms with Crippen molar-refractivity contribution in [3.05, 3.63) is 65.7 Å². The van der Waals surface area contributed by atoms with Crippen LogP contribution in [-0.4, -0.2) is 18.0 Å². The molecule has 2 aromatic carbocycles. The van der Waals surface area contributed by atoms with Crippen molar-refractivity contribution in [1.82, 2.24) is 5.32 Å². The van der Waals surface area contributed by atoms with E-state index in [1.54, 1.807) is 11.8 Å². The largest absolute Gasteiger partial charge is 0.396 e. The Morgan fingerprint density at radius 2 is 1.75 bits per heavy atom. The van der Waals surface area contributed by atoms with Crippen LogP contribution in [0.15, 0.2) is 59.5 Å². The van der Waals surface area contributed by atoms with Gasteiger partial charge in [-0.2, -0.15) is 0 Å². The summed E-state index contributed by atoms with van der Waals surface area (Å²) in [6.45, 7) is 1.01. The van der Waals surface area contributed by atoms with Crippen molar-refractivity contribution in [2.24, 2.45) is 0 Å². The van der Waals surface area contributed by atoms with Gasteiger partial charge < -0.3 is 10.4 Å². The molecule has 2 nitrogen and oxygen atoms in total. The average Bonchev–Trinajstić information content (AvgIpc) is 2.52. The molecular weight excluding hydrogens is 266 g/mol. The molecule has 0 aliphatic rings. The summed E-state index contributed by atoms with van der Waals surface area (Å²) in [6, 6.07) is 18.9. The second-order valence-corrected chi connectivity index (χ2v) is 5.52. The van der Waals surface area contributed by atoms with Crippen molar-refractivity contribution in [3.8, 4) is 0 Å². The molecule has 0 heterocycles. The third-order valence-corrected chi connectivity index (χ3v) is 4.19. The fraction of sp³-hybridized carbons (Fsp3) is 0.294. The lowest BCUT2D eigenvalue weighted by Crippen LogP contribution is -2.22. The van der Waals surface area contributed by atoms with E-state index in [-0.39, 0.29) is 12.6 Å². The van der Waals surface area contributed by atoms with Crippen molar-refractivity contribution < 1.29 is 5.11 Å². The quantitative estimate of drug-likeness (QED) is 0.763. The highest BCUT2D eigenvalue weighted by molar-refractivity contribution is 7.98. The molecule has 0 fully saturated rings. The number of rotatable bonds is 7.